The summed E-state index contributed by atoms with van der Waals surface area (Å²) in [5, 5.41) is 5.02. The van der Waals surface area contributed by atoms with Crippen molar-refractivity contribution < 1.29 is 52.2 Å². The largest absolute Gasteiger partial charge is 0.463 e. The molecule has 2 aliphatic rings. The summed E-state index contributed by atoms with van der Waals surface area (Å²) in [7, 11) is 0. The van der Waals surface area contributed by atoms with E-state index in [1.54, 1.807) is 24.3 Å². The Hall–Kier alpha value is -2.88. The third-order valence-corrected chi connectivity index (χ3v) is 9.89. The second-order valence-electron chi connectivity index (χ2n) is 9.34. The second-order valence-corrected chi connectivity index (χ2v) is 13.9. The van der Waals surface area contributed by atoms with E-state index in [2.05, 4.69) is 10.2 Å². The lowest BCUT2D eigenvalue weighted by atomic mass is 9.97. The Balaban J connectivity index is 2.05. The Morgan fingerprint density at radius 2 is 1.60 bits per heavy atom. The van der Waals surface area contributed by atoms with Gasteiger partial charge in [-0.05, 0) is 18.2 Å². The van der Waals surface area contributed by atoms with E-state index in [0.717, 1.165) is 32.5 Å². The van der Waals surface area contributed by atoms with Gasteiger partial charge in [-0.3, -0.25) is 24.0 Å². The zero-order valence-corrected chi connectivity index (χ0v) is 26.8. The molecule has 1 N–H and O–H groups in total. The van der Waals surface area contributed by atoms with Crippen LogP contribution in [0.4, 0.5) is 0 Å². The number of benzene rings is 1. The fraction of sp³-hybridized carbons (Fsp3) is 0.538. The number of ether oxygens (including phenoxy) is 5. The molecule has 0 radical (unpaired) electrons. The van der Waals surface area contributed by atoms with E-state index in [9.17, 15) is 24.0 Å². The molecule has 17 heteroatoms. The van der Waals surface area contributed by atoms with Gasteiger partial charge in [-0.2, -0.15) is 5.20 Å². The average Bonchev–Trinajstić information content (AvgIpc) is 3.27. The van der Waals surface area contributed by atoms with Crippen LogP contribution < -0.4 is 10.5 Å². The Morgan fingerprint density at radius 1 is 1.00 bits per heavy atom. The first kappa shape index (κ1) is 34.6. The van der Waals surface area contributed by atoms with E-state index in [0.29, 0.717) is 18.3 Å². The quantitative estimate of drug-likeness (QED) is 0.195. The summed E-state index contributed by atoms with van der Waals surface area (Å²) in [6.45, 7) is 6.41. The highest BCUT2D eigenvalue weighted by Crippen LogP contribution is 2.43. The summed E-state index contributed by atoms with van der Waals surface area (Å²) in [6.07, 6.45) is -9.07. The molecule has 0 bridgehead atoms. The number of esters is 4. The van der Waals surface area contributed by atoms with Crippen molar-refractivity contribution in [2.45, 2.75) is 71.7 Å². The molecule has 0 aliphatic carbocycles. The number of hydrogen-bond donors (Lipinski definition) is 1. The van der Waals surface area contributed by atoms with Crippen LogP contribution in [0.25, 0.3) is 0 Å². The first-order valence-electron chi connectivity index (χ1n) is 13.3. The smallest absolute Gasteiger partial charge is 0.303 e. The van der Waals surface area contributed by atoms with Crippen LogP contribution in [-0.4, -0.2) is 89.6 Å². The molecule has 2 fully saturated rings. The molecule has 0 saturated carbocycles. The number of carbonyl (C=O) groups is 5. The minimum atomic E-state index is -3.01. The SMILES string of the molecule is CCCOP(=S)(NN1C(=O)CS/C1=N/[C@@H]1O[C@H](COC(C)=O)[C@@H](OC(C)=O)[C@H](OC(C)=O)[C@H]1OC(C)=O)c1ccccc1. The summed E-state index contributed by atoms with van der Waals surface area (Å²) >= 11 is 6.98. The Kier molecular flexibility index (Phi) is 12.7. The number of rotatable bonds is 12. The number of hydrogen-bond acceptors (Lipinski definition) is 14. The maximum atomic E-state index is 13.1. The van der Waals surface area contributed by atoms with E-state index in [-0.39, 0.29) is 16.8 Å². The number of carbonyl (C=O) groups excluding carboxylic acids is 5. The van der Waals surface area contributed by atoms with E-state index in [4.69, 9.17) is 40.0 Å². The van der Waals surface area contributed by atoms with Gasteiger partial charge in [-0.25, -0.2) is 10.0 Å². The molecule has 43 heavy (non-hydrogen) atoms. The molecule has 1 aromatic rings. The highest BCUT2D eigenvalue weighted by atomic mass is 32.4. The van der Waals surface area contributed by atoms with Crippen molar-refractivity contribution in [3.05, 3.63) is 30.3 Å². The molecule has 2 saturated heterocycles. The van der Waals surface area contributed by atoms with Gasteiger partial charge in [-0.15, -0.1) is 0 Å². The predicted octanol–water partition coefficient (Wildman–Crippen LogP) is 1.57. The van der Waals surface area contributed by atoms with Gasteiger partial charge in [0.05, 0.1) is 12.4 Å². The van der Waals surface area contributed by atoms with Gasteiger partial charge in [0, 0.05) is 33.0 Å². The van der Waals surface area contributed by atoms with Crippen LogP contribution in [0.1, 0.15) is 41.0 Å². The first-order chi connectivity index (χ1) is 20.3. The summed E-state index contributed by atoms with van der Waals surface area (Å²) in [4.78, 5) is 65.5. The zero-order valence-electron chi connectivity index (χ0n) is 24.3. The molecule has 236 valence electrons. The molecule has 0 aromatic heterocycles. The van der Waals surface area contributed by atoms with E-state index in [1.165, 1.54) is 11.9 Å². The molecule has 6 atom stereocenters. The second kappa shape index (κ2) is 15.7. The molecule has 1 amide bonds. The number of aliphatic imine (C=N–C) groups is 1. The Labute approximate surface area is 258 Å². The summed E-state index contributed by atoms with van der Waals surface area (Å²) in [5.74, 6) is -3.33. The van der Waals surface area contributed by atoms with E-state index >= 15 is 0 Å². The fourth-order valence-corrected chi connectivity index (χ4v) is 7.64. The minimum absolute atomic E-state index is 0.00495. The van der Waals surface area contributed by atoms with Crippen molar-refractivity contribution in [2.24, 2.45) is 4.99 Å². The molecule has 0 spiro atoms. The number of nitrogens with zero attached hydrogens (tertiary/aromatic N) is 2. The monoisotopic (exact) mass is 659 g/mol. The molecular formula is C26H34N3O11PS2. The molecule has 14 nitrogen and oxygen atoms in total. The van der Waals surface area contributed by atoms with Crippen molar-refractivity contribution in [1.82, 2.24) is 10.2 Å². The van der Waals surface area contributed by atoms with Crippen LogP contribution in [-0.2, 0) is 64.0 Å². The summed E-state index contributed by atoms with van der Waals surface area (Å²) in [6, 6.07) is 9.04. The van der Waals surface area contributed by atoms with Crippen molar-refractivity contribution >= 4 is 70.2 Å². The van der Waals surface area contributed by atoms with Crippen LogP contribution in [0.2, 0.25) is 0 Å². The number of amides is 1. The van der Waals surface area contributed by atoms with Crippen LogP contribution in [0.3, 0.4) is 0 Å². The highest BCUT2D eigenvalue weighted by Gasteiger charge is 2.53. The number of hydrazine groups is 1. The third kappa shape index (κ3) is 9.55. The van der Waals surface area contributed by atoms with Crippen LogP contribution in [0.5, 0.6) is 0 Å². The summed E-state index contributed by atoms with van der Waals surface area (Å²) < 4.78 is 33.6. The van der Waals surface area contributed by atoms with Gasteiger partial charge < -0.3 is 28.2 Å². The number of amidine groups is 1. The van der Waals surface area contributed by atoms with Crippen molar-refractivity contribution in [3.8, 4) is 0 Å². The van der Waals surface area contributed by atoms with Gasteiger partial charge in [0.2, 0.25) is 0 Å². The third-order valence-electron chi connectivity index (χ3n) is 5.77. The molecule has 2 heterocycles. The van der Waals surface area contributed by atoms with Gasteiger partial charge in [0.1, 0.15) is 12.7 Å². The topological polar surface area (TPSA) is 168 Å². The number of nitrogens with one attached hydrogen (secondary N) is 1. The zero-order chi connectivity index (χ0) is 31.7. The maximum Gasteiger partial charge on any atom is 0.303 e. The first-order valence-corrected chi connectivity index (χ1v) is 17.0. The van der Waals surface area contributed by atoms with Gasteiger partial charge >= 0.3 is 23.9 Å². The minimum Gasteiger partial charge on any atom is -0.463 e. The van der Waals surface area contributed by atoms with Crippen molar-refractivity contribution in [3.63, 3.8) is 0 Å². The van der Waals surface area contributed by atoms with Gasteiger partial charge in [0.25, 0.3) is 5.91 Å². The van der Waals surface area contributed by atoms with Crippen LogP contribution >= 0.6 is 18.2 Å². The van der Waals surface area contributed by atoms with E-state index in [1.807, 2.05) is 13.0 Å². The molecule has 2 aliphatic heterocycles. The van der Waals surface area contributed by atoms with E-state index < -0.39 is 67.5 Å². The Bertz CT molecular complexity index is 1280. The molecule has 1 aromatic carbocycles. The molecule has 3 rings (SSSR count). The lowest BCUT2D eigenvalue weighted by Crippen LogP contribution is -2.62. The fourth-order valence-electron chi connectivity index (χ4n) is 4.11. The van der Waals surface area contributed by atoms with Crippen molar-refractivity contribution in [2.75, 3.05) is 19.0 Å². The predicted molar refractivity (Wildman–Crippen MR) is 158 cm³/mol. The normalized spacial score (nSPS) is 26.0. The lowest BCUT2D eigenvalue weighted by molar-refractivity contribution is -0.251. The number of thioether (sulfide) groups is 1. The average molecular weight is 660 g/mol. The highest BCUT2D eigenvalue weighted by molar-refractivity contribution is 8.16. The van der Waals surface area contributed by atoms with Crippen LogP contribution in [0, 0.1) is 0 Å². The maximum absolute atomic E-state index is 13.1. The van der Waals surface area contributed by atoms with Gasteiger partial charge in [0.15, 0.2) is 36.1 Å². The lowest BCUT2D eigenvalue weighted by Gasteiger charge is -2.43. The standard InChI is InChI=1S/C26H34N3O11PS2/c1-6-12-36-41(42,19-10-8-7-9-11-19)28-29-21(34)14-43-26(29)27-25-24(39-18(5)33)23(38-17(4)32)22(37-16(3)31)20(40-25)13-35-15(2)30/h7-11,20,22-25H,6,12-14H2,1-5H3,(H,28,42)/b27-26+/t20-,22-,23+,24-,25-,41?/m1/s1. The van der Waals surface area contributed by atoms with Gasteiger partial charge in [-0.1, -0.05) is 49.0 Å². The molecular weight excluding hydrogens is 625 g/mol. The molecule has 1 unspecified atom stereocenters. The Morgan fingerprint density at radius 3 is 2.19 bits per heavy atom. The van der Waals surface area contributed by atoms with Crippen molar-refractivity contribution in [1.29, 1.82) is 0 Å². The van der Waals surface area contributed by atoms with Crippen LogP contribution in [0.15, 0.2) is 35.3 Å². The summed E-state index contributed by atoms with van der Waals surface area (Å²) in [5.41, 5.74) is 0.